The number of nitrogens with zero attached hydrogens (tertiary/aromatic N) is 1. The summed E-state index contributed by atoms with van der Waals surface area (Å²) in [6.07, 6.45) is 4.29. The van der Waals surface area contributed by atoms with Crippen LogP contribution in [-0.4, -0.2) is 37.1 Å². The molecule has 2 nitrogen and oxygen atoms in total. The first-order valence-electron chi connectivity index (χ1n) is 5.85. The first kappa shape index (κ1) is 10.2. The minimum atomic E-state index is 0.884. The van der Waals surface area contributed by atoms with Crippen molar-refractivity contribution in [1.29, 1.82) is 0 Å². The van der Waals surface area contributed by atoms with Crippen LogP contribution in [0, 0.1) is 5.92 Å². The molecule has 1 unspecified atom stereocenters. The molecule has 0 spiro atoms. The van der Waals surface area contributed by atoms with E-state index in [4.69, 9.17) is 0 Å². The molecule has 2 fully saturated rings. The SMILES string of the molecule is C=C(C)CNCC1CCN(C2CC2)C1. The lowest BCUT2D eigenvalue weighted by molar-refractivity contribution is 0.312. The van der Waals surface area contributed by atoms with Crippen LogP contribution in [-0.2, 0) is 0 Å². The number of rotatable bonds is 5. The van der Waals surface area contributed by atoms with Crippen molar-refractivity contribution in [3.8, 4) is 0 Å². The van der Waals surface area contributed by atoms with E-state index < -0.39 is 0 Å². The van der Waals surface area contributed by atoms with Gasteiger partial charge in [0, 0.05) is 19.1 Å². The Balaban J connectivity index is 1.60. The largest absolute Gasteiger partial charge is 0.313 e. The van der Waals surface area contributed by atoms with Crippen molar-refractivity contribution in [3.63, 3.8) is 0 Å². The van der Waals surface area contributed by atoms with Crippen LogP contribution < -0.4 is 5.32 Å². The van der Waals surface area contributed by atoms with Gasteiger partial charge in [-0.25, -0.2) is 0 Å². The van der Waals surface area contributed by atoms with Crippen molar-refractivity contribution in [1.82, 2.24) is 10.2 Å². The Morgan fingerprint density at radius 2 is 2.21 bits per heavy atom. The van der Waals surface area contributed by atoms with Crippen LogP contribution in [0.3, 0.4) is 0 Å². The molecule has 0 amide bonds. The second kappa shape index (κ2) is 4.45. The molecule has 1 saturated carbocycles. The van der Waals surface area contributed by atoms with Gasteiger partial charge in [-0.3, -0.25) is 0 Å². The molecule has 1 saturated heterocycles. The fraction of sp³-hybridized carbons (Fsp3) is 0.833. The highest BCUT2D eigenvalue weighted by atomic mass is 15.2. The van der Waals surface area contributed by atoms with E-state index in [-0.39, 0.29) is 0 Å². The van der Waals surface area contributed by atoms with E-state index in [1.807, 2.05) is 0 Å². The molecule has 14 heavy (non-hydrogen) atoms. The number of hydrogen-bond acceptors (Lipinski definition) is 2. The molecule has 0 bridgehead atoms. The number of nitrogens with one attached hydrogen (secondary N) is 1. The lowest BCUT2D eigenvalue weighted by Gasteiger charge is -2.15. The van der Waals surface area contributed by atoms with Crippen molar-refractivity contribution in [3.05, 3.63) is 12.2 Å². The first-order chi connectivity index (χ1) is 6.75. The molecule has 0 aromatic heterocycles. The summed E-state index contributed by atoms with van der Waals surface area (Å²) in [6, 6.07) is 0.959. The van der Waals surface area contributed by atoms with Crippen LogP contribution in [0.15, 0.2) is 12.2 Å². The normalized spacial score (nSPS) is 28.2. The van der Waals surface area contributed by atoms with E-state index in [0.29, 0.717) is 0 Å². The van der Waals surface area contributed by atoms with Crippen LogP contribution in [0.25, 0.3) is 0 Å². The molecule has 2 rings (SSSR count). The third-order valence-corrected chi connectivity index (χ3v) is 3.24. The highest BCUT2D eigenvalue weighted by Crippen LogP contribution is 2.31. The van der Waals surface area contributed by atoms with Crippen molar-refractivity contribution < 1.29 is 0 Å². The quantitative estimate of drug-likeness (QED) is 0.669. The topological polar surface area (TPSA) is 15.3 Å². The van der Waals surface area contributed by atoms with E-state index in [9.17, 15) is 0 Å². The summed E-state index contributed by atoms with van der Waals surface area (Å²) in [6.45, 7) is 10.8. The van der Waals surface area contributed by atoms with Crippen LogP contribution in [0.5, 0.6) is 0 Å². The molecule has 1 aliphatic heterocycles. The Labute approximate surface area is 87.4 Å². The zero-order valence-electron chi connectivity index (χ0n) is 9.26. The average Bonchev–Trinajstić information content (AvgIpc) is 2.87. The monoisotopic (exact) mass is 194 g/mol. The molecule has 2 aliphatic rings. The van der Waals surface area contributed by atoms with Gasteiger partial charge in [-0.2, -0.15) is 0 Å². The second-order valence-corrected chi connectivity index (χ2v) is 4.97. The van der Waals surface area contributed by atoms with Gasteiger partial charge >= 0.3 is 0 Å². The summed E-state index contributed by atoms with van der Waals surface area (Å²) < 4.78 is 0. The third kappa shape index (κ3) is 2.82. The zero-order chi connectivity index (χ0) is 9.97. The Kier molecular flexibility index (Phi) is 3.24. The number of likely N-dealkylation sites (tertiary alicyclic amines) is 1. The molecule has 80 valence electrons. The Bertz CT molecular complexity index is 208. The van der Waals surface area contributed by atoms with Gasteiger partial charge in [0.25, 0.3) is 0 Å². The number of hydrogen-bond donors (Lipinski definition) is 1. The van der Waals surface area contributed by atoms with Gasteiger partial charge < -0.3 is 10.2 Å². The molecular formula is C12H22N2. The van der Waals surface area contributed by atoms with Gasteiger partial charge in [0.1, 0.15) is 0 Å². The smallest absolute Gasteiger partial charge is 0.0159 e. The van der Waals surface area contributed by atoms with Crippen molar-refractivity contribution in [2.45, 2.75) is 32.2 Å². The summed E-state index contributed by atoms with van der Waals surface area (Å²) >= 11 is 0. The van der Waals surface area contributed by atoms with Gasteiger partial charge in [0.15, 0.2) is 0 Å². The summed E-state index contributed by atoms with van der Waals surface area (Å²) in [5, 5.41) is 3.48. The van der Waals surface area contributed by atoms with Crippen molar-refractivity contribution in [2.75, 3.05) is 26.2 Å². The fourth-order valence-corrected chi connectivity index (χ4v) is 2.29. The van der Waals surface area contributed by atoms with E-state index in [1.54, 1.807) is 0 Å². The summed E-state index contributed by atoms with van der Waals surface area (Å²) in [7, 11) is 0. The predicted molar refractivity (Wildman–Crippen MR) is 60.4 cm³/mol. The van der Waals surface area contributed by atoms with E-state index >= 15 is 0 Å². The molecule has 0 aromatic rings. The van der Waals surface area contributed by atoms with Crippen LogP contribution in [0.2, 0.25) is 0 Å². The van der Waals surface area contributed by atoms with Crippen molar-refractivity contribution >= 4 is 0 Å². The van der Waals surface area contributed by atoms with Gasteiger partial charge in [-0.1, -0.05) is 12.2 Å². The molecule has 0 aromatic carbocycles. The minimum Gasteiger partial charge on any atom is -0.313 e. The second-order valence-electron chi connectivity index (χ2n) is 4.97. The van der Waals surface area contributed by atoms with E-state index in [1.165, 1.54) is 44.5 Å². The van der Waals surface area contributed by atoms with Crippen LogP contribution in [0.1, 0.15) is 26.2 Å². The molecule has 1 aliphatic carbocycles. The lowest BCUT2D eigenvalue weighted by atomic mass is 10.1. The summed E-state index contributed by atoms with van der Waals surface area (Å²) in [5.74, 6) is 0.884. The maximum absolute atomic E-state index is 3.90. The van der Waals surface area contributed by atoms with Crippen LogP contribution >= 0.6 is 0 Å². The molecule has 1 heterocycles. The van der Waals surface area contributed by atoms with Gasteiger partial charge in [-0.15, -0.1) is 0 Å². The molecular weight excluding hydrogens is 172 g/mol. The van der Waals surface area contributed by atoms with Gasteiger partial charge in [0.05, 0.1) is 0 Å². The maximum atomic E-state index is 3.90. The lowest BCUT2D eigenvalue weighted by Crippen LogP contribution is -2.28. The third-order valence-electron chi connectivity index (χ3n) is 3.24. The van der Waals surface area contributed by atoms with E-state index in [2.05, 4.69) is 23.7 Å². The summed E-state index contributed by atoms with van der Waals surface area (Å²) in [5.41, 5.74) is 1.24. The first-order valence-corrected chi connectivity index (χ1v) is 5.85. The summed E-state index contributed by atoms with van der Waals surface area (Å²) in [4.78, 5) is 2.67. The standard InChI is InChI=1S/C12H22N2/c1-10(2)7-13-8-11-5-6-14(9-11)12-3-4-12/h11-13H,1,3-9H2,2H3. The highest BCUT2D eigenvalue weighted by molar-refractivity contribution is 4.93. The predicted octanol–water partition coefficient (Wildman–Crippen LogP) is 1.64. The molecule has 1 atom stereocenters. The maximum Gasteiger partial charge on any atom is 0.0159 e. The molecule has 2 heteroatoms. The van der Waals surface area contributed by atoms with Crippen LogP contribution in [0.4, 0.5) is 0 Å². The Hall–Kier alpha value is -0.340. The van der Waals surface area contributed by atoms with E-state index in [0.717, 1.165) is 18.5 Å². The Morgan fingerprint density at radius 3 is 2.86 bits per heavy atom. The Morgan fingerprint density at radius 1 is 1.43 bits per heavy atom. The minimum absolute atomic E-state index is 0.884. The average molecular weight is 194 g/mol. The fourth-order valence-electron chi connectivity index (χ4n) is 2.29. The molecule has 1 N–H and O–H groups in total. The zero-order valence-corrected chi connectivity index (χ0v) is 9.26. The highest BCUT2D eigenvalue weighted by Gasteiger charge is 2.33. The van der Waals surface area contributed by atoms with Gasteiger partial charge in [0.2, 0.25) is 0 Å². The van der Waals surface area contributed by atoms with Gasteiger partial charge in [-0.05, 0) is 45.2 Å². The molecule has 0 radical (unpaired) electrons. The van der Waals surface area contributed by atoms with Crippen molar-refractivity contribution in [2.24, 2.45) is 5.92 Å².